The Morgan fingerprint density at radius 3 is 2.50 bits per heavy atom. The lowest BCUT2D eigenvalue weighted by Crippen LogP contribution is -2.45. The Morgan fingerprint density at radius 2 is 2.00 bits per heavy atom. The van der Waals surface area contributed by atoms with Crippen LogP contribution in [-0.2, 0) is 14.5 Å². The summed E-state index contributed by atoms with van der Waals surface area (Å²) in [7, 11) is -4.05. The van der Waals surface area contributed by atoms with Crippen molar-refractivity contribution in [1.82, 2.24) is 0 Å². The molecule has 7 nitrogen and oxygen atoms in total. The lowest BCUT2D eigenvalue weighted by Gasteiger charge is -2.34. The molecule has 1 fully saturated rings. The predicted octanol–water partition coefficient (Wildman–Crippen LogP) is -1.56. The number of hydrogen-bond donors (Lipinski definition) is 3. The molecular formula is C8H15NO6S. The van der Waals surface area contributed by atoms with Crippen molar-refractivity contribution in [2.24, 2.45) is 10.3 Å². The molecule has 0 heterocycles. The summed E-state index contributed by atoms with van der Waals surface area (Å²) in [5.41, 5.74) is 0. The second-order valence-electron chi connectivity index (χ2n) is 3.75. The van der Waals surface area contributed by atoms with Crippen LogP contribution in [0, 0.1) is 5.92 Å². The van der Waals surface area contributed by atoms with Gasteiger partial charge in [-0.2, -0.15) is 12.8 Å². The zero-order valence-corrected chi connectivity index (χ0v) is 9.38. The second-order valence-corrected chi connectivity index (χ2v) is 5.05. The van der Waals surface area contributed by atoms with Gasteiger partial charge in [-0.3, -0.25) is 0 Å². The van der Waals surface area contributed by atoms with Crippen LogP contribution in [0.1, 0.15) is 12.8 Å². The van der Waals surface area contributed by atoms with E-state index in [0.29, 0.717) is 0 Å². The van der Waals surface area contributed by atoms with Crippen molar-refractivity contribution in [3.8, 4) is 0 Å². The van der Waals surface area contributed by atoms with Gasteiger partial charge in [-0.25, -0.2) is 4.18 Å². The highest BCUT2D eigenvalue weighted by Gasteiger charge is 2.37. The summed E-state index contributed by atoms with van der Waals surface area (Å²) in [6, 6.07) is 0. The van der Waals surface area contributed by atoms with Crippen molar-refractivity contribution in [2.75, 3.05) is 6.61 Å². The third kappa shape index (κ3) is 3.22. The van der Waals surface area contributed by atoms with Crippen molar-refractivity contribution in [3.05, 3.63) is 0 Å². The molecule has 0 amide bonds. The summed E-state index contributed by atoms with van der Waals surface area (Å²) < 4.78 is 29.4. The van der Waals surface area contributed by atoms with Gasteiger partial charge in [0.1, 0.15) is 0 Å². The van der Waals surface area contributed by atoms with E-state index in [1.165, 1.54) is 0 Å². The molecule has 1 aliphatic rings. The highest BCUT2D eigenvalue weighted by Crippen LogP contribution is 2.28. The van der Waals surface area contributed by atoms with Crippen LogP contribution in [0.4, 0.5) is 0 Å². The Balaban J connectivity index is 2.67. The Bertz CT molecular complexity index is 342. The van der Waals surface area contributed by atoms with Crippen molar-refractivity contribution >= 4 is 17.0 Å². The normalized spacial score (nSPS) is 35.9. The summed E-state index contributed by atoms with van der Waals surface area (Å²) in [6.45, 7) is 2.50. The monoisotopic (exact) mass is 253 g/mol. The maximum atomic E-state index is 11.0. The van der Waals surface area contributed by atoms with Gasteiger partial charge in [-0.1, -0.05) is 0 Å². The molecule has 1 rings (SSSR count). The van der Waals surface area contributed by atoms with Crippen molar-refractivity contribution in [1.29, 1.82) is 0 Å². The van der Waals surface area contributed by atoms with Gasteiger partial charge in [0.25, 0.3) is 0 Å². The molecule has 0 unspecified atom stereocenters. The standard InChI is InChI=1S/C8H15NO6S/c1-9-16(13,14)15-6-2-5(4-10)8(12)7(11)3-6/h5-8,10-12H,1-4H2/t5-,6+,7-,8-/m1/s1. The summed E-state index contributed by atoms with van der Waals surface area (Å²) >= 11 is 0. The summed E-state index contributed by atoms with van der Waals surface area (Å²) in [5.74, 6) is -0.603. The molecule has 8 heteroatoms. The van der Waals surface area contributed by atoms with E-state index in [1.807, 2.05) is 0 Å². The van der Waals surface area contributed by atoms with Crippen LogP contribution in [0.5, 0.6) is 0 Å². The molecule has 0 radical (unpaired) electrons. The van der Waals surface area contributed by atoms with Crippen LogP contribution in [0.3, 0.4) is 0 Å². The molecule has 16 heavy (non-hydrogen) atoms. The van der Waals surface area contributed by atoms with Crippen LogP contribution < -0.4 is 0 Å². The second kappa shape index (κ2) is 5.19. The van der Waals surface area contributed by atoms with E-state index >= 15 is 0 Å². The third-order valence-corrected chi connectivity index (χ3v) is 3.43. The SMILES string of the molecule is C=NS(=O)(=O)O[C@H]1C[C@H](CO)[C@@H](O)[C@H](O)C1. The zero-order valence-electron chi connectivity index (χ0n) is 8.56. The molecule has 0 aromatic rings. The maximum absolute atomic E-state index is 11.0. The van der Waals surface area contributed by atoms with Gasteiger partial charge in [0.05, 0.1) is 18.3 Å². The average Bonchev–Trinajstić information content (AvgIpc) is 2.22. The van der Waals surface area contributed by atoms with Crippen LogP contribution in [0.25, 0.3) is 0 Å². The lowest BCUT2D eigenvalue weighted by molar-refractivity contribution is -0.0881. The van der Waals surface area contributed by atoms with Gasteiger partial charge in [0, 0.05) is 25.7 Å². The molecule has 0 aliphatic heterocycles. The molecule has 0 bridgehead atoms. The van der Waals surface area contributed by atoms with Gasteiger partial charge in [-0.15, -0.1) is 0 Å². The minimum Gasteiger partial charge on any atom is -0.396 e. The first kappa shape index (κ1) is 13.5. The molecule has 1 aliphatic carbocycles. The van der Waals surface area contributed by atoms with Gasteiger partial charge in [0.2, 0.25) is 0 Å². The number of nitrogens with zero attached hydrogens (tertiary/aromatic N) is 1. The van der Waals surface area contributed by atoms with Gasteiger partial charge < -0.3 is 15.3 Å². The molecule has 1 saturated carbocycles. The summed E-state index contributed by atoms with van der Waals surface area (Å²) in [4.78, 5) is 0. The first-order valence-electron chi connectivity index (χ1n) is 4.78. The van der Waals surface area contributed by atoms with Gasteiger partial charge >= 0.3 is 10.3 Å². The van der Waals surface area contributed by atoms with E-state index in [-0.39, 0.29) is 19.4 Å². The molecule has 3 N–H and O–H groups in total. The Labute approximate surface area is 93.6 Å². The van der Waals surface area contributed by atoms with E-state index in [0.717, 1.165) is 0 Å². The topological polar surface area (TPSA) is 116 Å². The van der Waals surface area contributed by atoms with Crippen LogP contribution in [0.2, 0.25) is 0 Å². The summed E-state index contributed by atoms with van der Waals surface area (Å²) in [5, 5.41) is 27.8. The van der Waals surface area contributed by atoms with Crippen molar-refractivity contribution in [2.45, 2.75) is 31.2 Å². The minimum absolute atomic E-state index is 0.0214. The molecule has 0 saturated heterocycles. The summed E-state index contributed by atoms with van der Waals surface area (Å²) in [6.07, 6.45) is -2.86. The lowest BCUT2D eigenvalue weighted by atomic mass is 9.83. The maximum Gasteiger partial charge on any atom is 0.380 e. The predicted molar refractivity (Wildman–Crippen MR) is 55.2 cm³/mol. The van der Waals surface area contributed by atoms with E-state index in [4.69, 9.17) is 5.11 Å². The number of aliphatic hydroxyl groups excluding tert-OH is 3. The van der Waals surface area contributed by atoms with Crippen LogP contribution >= 0.6 is 0 Å². The Morgan fingerprint density at radius 1 is 1.38 bits per heavy atom. The number of hydrogen-bond acceptors (Lipinski definition) is 6. The number of aliphatic hydroxyl groups is 3. The molecule has 94 valence electrons. The molecule has 0 spiro atoms. The molecular weight excluding hydrogens is 238 g/mol. The van der Waals surface area contributed by atoms with E-state index in [1.54, 1.807) is 0 Å². The molecule has 0 aromatic carbocycles. The average molecular weight is 253 g/mol. The minimum atomic E-state index is -4.05. The fourth-order valence-electron chi connectivity index (χ4n) is 1.76. The van der Waals surface area contributed by atoms with Crippen LogP contribution in [-0.4, -0.2) is 55.4 Å². The fourth-order valence-corrected chi connectivity index (χ4v) is 2.32. The van der Waals surface area contributed by atoms with E-state index < -0.39 is 34.5 Å². The quantitative estimate of drug-likeness (QED) is 0.522. The number of rotatable bonds is 4. The highest BCUT2D eigenvalue weighted by molar-refractivity contribution is 7.85. The third-order valence-electron chi connectivity index (χ3n) is 2.60. The molecule has 4 atom stereocenters. The first-order valence-corrected chi connectivity index (χ1v) is 6.14. The van der Waals surface area contributed by atoms with Gasteiger partial charge in [0.15, 0.2) is 0 Å². The van der Waals surface area contributed by atoms with E-state index in [9.17, 15) is 18.6 Å². The Kier molecular flexibility index (Phi) is 4.39. The zero-order chi connectivity index (χ0) is 12.3. The van der Waals surface area contributed by atoms with Crippen molar-refractivity contribution in [3.63, 3.8) is 0 Å². The highest BCUT2D eigenvalue weighted by atomic mass is 32.2. The molecule has 0 aromatic heterocycles. The van der Waals surface area contributed by atoms with E-state index in [2.05, 4.69) is 15.3 Å². The van der Waals surface area contributed by atoms with Crippen LogP contribution in [0.15, 0.2) is 4.40 Å². The first-order chi connectivity index (χ1) is 7.39. The Hall–Kier alpha value is -0.540. The van der Waals surface area contributed by atoms with Crippen molar-refractivity contribution < 1.29 is 27.9 Å². The largest absolute Gasteiger partial charge is 0.396 e. The van der Waals surface area contributed by atoms with Gasteiger partial charge in [-0.05, 0) is 6.42 Å². The smallest absolute Gasteiger partial charge is 0.380 e. The fraction of sp³-hybridized carbons (Fsp3) is 0.875.